The summed E-state index contributed by atoms with van der Waals surface area (Å²) in [6.45, 7) is 9.13. The fourth-order valence-corrected chi connectivity index (χ4v) is 4.00. The van der Waals surface area contributed by atoms with Gasteiger partial charge in [-0.2, -0.15) is 5.56 Å². The van der Waals surface area contributed by atoms with E-state index in [1.165, 1.54) is 53.5 Å². The van der Waals surface area contributed by atoms with Gasteiger partial charge in [-0.25, -0.2) is 6.08 Å². The second-order valence-corrected chi connectivity index (χ2v) is 11.6. The molecule has 0 bridgehead atoms. The van der Waals surface area contributed by atoms with Gasteiger partial charge in [-0.1, -0.05) is 99.9 Å². The molecule has 1 fully saturated rings. The van der Waals surface area contributed by atoms with Crippen LogP contribution < -0.4 is 0 Å². The predicted molar refractivity (Wildman–Crippen MR) is 122 cm³/mol. The number of allylic oxidation sites excluding steroid dienone is 1. The molecule has 0 unspecified atom stereocenters. The van der Waals surface area contributed by atoms with Crippen LogP contribution in [0.1, 0.15) is 67.3 Å². The topological polar surface area (TPSA) is 0 Å². The first kappa shape index (κ1) is 25.7. The molecule has 0 aromatic heterocycles. The van der Waals surface area contributed by atoms with Gasteiger partial charge in [0.25, 0.3) is 0 Å². The van der Waals surface area contributed by atoms with Crippen LogP contribution in [-0.2, 0) is 26.3 Å². The number of hydrogen-bond acceptors (Lipinski definition) is 0. The van der Waals surface area contributed by atoms with E-state index in [4.69, 9.17) is 17.0 Å². The summed E-state index contributed by atoms with van der Waals surface area (Å²) in [7, 11) is 9.87. The Bertz CT molecular complexity index is 745. The number of hydrogen-bond donors (Lipinski definition) is 0. The molecular formula is C25H32Cl2Zr. The van der Waals surface area contributed by atoms with Crippen LogP contribution >= 0.6 is 17.0 Å². The fourth-order valence-electron chi connectivity index (χ4n) is 4.00. The maximum atomic E-state index is 4.93. The molecule has 2 aromatic carbocycles. The zero-order valence-corrected chi connectivity index (χ0v) is 21.8. The van der Waals surface area contributed by atoms with Crippen molar-refractivity contribution in [1.29, 1.82) is 0 Å². The van der Waals surface area contributed by atoms with E-state index in [0.29, 0.717) is 5.92 Å². The van der Waals surface area contributed by atoms with Gasteiger partial charge in [-0.15, -0.1) is 11.6 Å². The molecule has 2 aromatic rings. The van der Waals surface area contributed by atoms with Crippen molar-refractivity contribution in [3.05, 3.63) is 83.8 Å². The van der Waals surface area contributed by atoms with Gasteiger partial charge in [0, 0.05) is 5.41 Å². The third-order valence-corrected chi connectivity index (χ3v) is 5.59. The van der Waals surface area contributed by atoms with Crippen molar-refractivity contribution in [3.8, 4) is 0 Å². The first-order valence-corrected chi connectivity index (χ1v) is 16.0. The monoisotopic (exact) mass is 492 g/mol. The Morgan fingerprint density at radius 2 is 1.61 bits per heavy atom. The number of rotatable bonds is 4. The van der Waals surface area contributed by atoms with E-state index in [0.717, 1.165) is 0 Å². The Kier molecular flexibility index (Phi) is 11.3. The van der Waals surface area contributed by atoms with E-state index < -0.39 is 20.8 Å². The van der Waals surface area contributed by atoms with Gasteiger partial charge in [-0.05, 0) is 12.5 Å². The van der Waals surface area contributed by atoms with E-state index in [9.17, 15) is 0 Å². The van der Waals surface area contributed by atoms with Gasteiger partial charge in [0.05, 0.1) is 0 Å². The molecule has 0 saturated heterocycles. The minimum atomic E-state index is -0.826. The van der Waals surface area contributed by atoms with Crippen LogP contribution in [0.25, 0.3) is 6.08 Å². The van der Waals surface area contributed by atoms with Gasteiger partial charge < -0.3 is 7.43 Å². The summed E-state index contributed by atoms with van der Waals surface area (Å²) in [5, 5.41) is 0. The van der Waals surface area contributed by atoms with Crippen LogP contribution in [0.5, 0.6) is 0 Å². The van der Waals surface area contributed by atoms with Crippen LogP contribution in [-0.4, -0.2) is 0 Å². The first-order chi connectivity index (χ1) is 12.9. The Morgan fingerprint density at radius 1 is 1.04 bits per heavy atom. The van der Waals surface area contributed by atoms with Gasteiger partial charge in [0.2, 0.25) is 0 Å². The van der Waals surface area contributed by atoms with Crippen molar-refractivity contribution < 1.29 is 20.8 Å². The van der Waals surface area contributed by atoms with Gasteiger partial charge >= 0.3 is 37.9 Å². The first-order valence-electron chi connectivity index (χ1n) is 9.63. The van der Waals surface area contributed by atoms with E-state index in [1.807, 2.05) is 0 Å². The fraction of sp³-hybridized carbons (Fsp3) is 0.400. The van der Waals surface area contributed by atoms with Gasteiger partial charge in [0.15, 0.2) is 0 Å². The molecule has 0 radical (unpaired) electrons. The average molecular weight is 495 g/mol. The summed E-state index contributed by atoms with van der Waals surface area (Å²) >= 11 is -0.826. The number of halogens is 2. The van der Waals surface area contributed by atoms with E-state index in [1.54, 1.807) is 0 Å². The van der Waals surface area contributed by atoms with E-state index in [-0.39, 0.29) is 12.8 Å². The summed E-state index contributed by atoms with van der Waals surface area (Å²) in [5.41, 5.74) is 6.86. The van der Waals surface area contributed by atoms with Crippen molar-refractivity contribution in [2.24, 2.45) is 5.92 Å². The van der Waals surface area contributed by atoms with Crippen LogP contribution in [0, 0.1) is 33.3 Å². The molecule has 28 heavy (non-hydrogen) atoms. The molecule has 3 rings (SSSR count). The number of benzene rings is 2. The Hall–Kier alpha value is -0.357. The summed E-state index contributed by atoms with van der Waals surface area (Å²) < 4.78 is 0. The van der Waals surface area contributed by atoms with E-state index >= 15 is 0 Å². The molecule has 150 valence electrons. The molecule has 0 N–H and O–H groups in total. The summed E-state index contributed by atoms with van der Waals surface area (Å²) in [4.78, 5) is 0. The molecule has 1 saturated carbocycles. The van der Waals surface area contributed by atoms with Crippen molar-refractivity contribution in [1.82, 2.24) is 0 Å². The standard InChI is InChI=1S/C24H29.CH3.2ClH.Zr/c1-18-16-21(15-14-20-10-8-9-11-20)19(2)23(17-18)24(3,4)22-12-6-5-7-13-22;;;;/h5-7,12-13,15-17,20H,8-11H2,1-4H3;1H3;2*1H;/q2*-1;;;+4/p-2. The maximum absolute atomic E-state index is 4.93. The SMILES string of the molecule is Cc1cc(C=[C-]C2CCCC2)c(C)c(C(C)(C)c2ccccc2)c1.[CH3-].[Cl][Zr+2][Cl]. The molecule has 0 nitrogen and oxygen atoms in total. The van der Waals surface area contributed by atoms with Crippen LogP contribution in [0.15, 0.2) is 42.5 Å². The average Bonchev–Trinajstić information content (AvgIpc) is 3.17. The third-order valence-electron chi connectivity index (χ3n) is 5.59. The molecule has 0 amide bonds. The van der Waals surface area contributed by atoms with Crippen LogP contribution in [0.3, 0.4) is 0 Å². The van der Waals surface area contributed by atoms with E-state index in [2.05, 4.69) is 82.3 Å². The van der Waals surface area contributed by atoms with Crippen molar-refractivity contribution in [2.75, 3.05) is 0 Å². The van der Waals surface area contributed by atoms with Crippen molar-refractivity contribution >= 4 is 23.1 Å². The predicted octanol–water partition coefficient (Wildman–Crippen LogP) is 8.46. The van der Waals surface area contributed by atoms with Gasteiger partial charge in [-0.3, -0.25) is 6.08 Å². The Balaban J connectivity index is 0.000000921. The van der Waals surface area contributed by atoms with Crippen LogP contribution in [0.2, 0.25) is 0 Å². The normalized spacial score (nSPS) is 14.2. The second kappa shape index (κ2) is 12.4. The van der Waals surface area contributed by atoms with Crippen molar-refractivity contribution in [3.63, 3.8) is 0 Å². The molecule has 0 heterocycles. The molecule has 0 spiro atoms. The zero-order valence-electron chi connectivity index (χ0n) is 17.8. The third kappa shape index (κ3) is 6.86. The number of aryl methyl sites for hydroxylation is 1. The molecular weight excluding hydrogens is 462 g/mol. The molecule has 1 aliphatic rings. The molecule has 0 atom stereocenters. The zero-order chi connectivity index (χ0) is 19.9. The van der Waals surface area contributed by atoms with Crippen LogP contribution in [0.4, 0.5) is 0 Å². The van der Waals surface area contributed by atoms with Crippen molar-refractivity contribution in [2.45, 2.75) is 58.8 Å². The molecule has 1 aliphatic carbocycles. The quantitative estimate of drug-likeness (QED) is 0.374. The molecule has 3 heteroatoms. The van der Waals surface area contributed by atoms with Gasteiger partial charge in [0.1, 0.15) is 0 Å². The Labute approximate surface area is 191 Å². The summed E-state index contributed by atoms with van der Waals surface area (Å²) in [6.07, 6.45) is 11.3. The minimum absolute atomic E-state index is 0. The second-order valence-electron chi connectivity index (χ2n) is 7.88. The Morgan fingerprint density at radius 3 is 2.18 bits per heavy atom. The summed E-state index contributed by atoms with van der Waals surface area (Å²) in [5.74, 6) is 0.662. The molecule has 0 aliphatic heterocycles. The summed E-state index contributed by atoms with van der Waals surface area (Å²) in [6, 6.07) is 15.5.